The summed E-state index contributed by atoms with van der Waals surface area (Å²) in [5, 5.41) is 18.3. The van der Waals surface area contributed by atoms with Gasteiger partial charge in [-0.15, -0.1) is 0 Å². The first kappa shape index (κ1) is 16.8. The summed E-state index contributed by atoms with van der Waals surface area (Å²) in [6.45, 7) is 0. The van der Waals surface area contributed by atoms with Gasteiger partial charge in [0.1, 0.15) is 10.9 Å². The molecule has 0 amide bonds. The Kier molecular flexibility index (Phi) is 4.92. The zero-order chi connectivity index (χ0) is 17.0. The lowest BCUT2D eigenvalue weighted by molar-refractivity contribution is -0.140. The molecule has 1 atom stereocenters. The second-order valence-electron chi connectivity index (χ2n) is 4.78. The van der Waals surface area contributed by atoms with Crippen molar-refractivity contribution in [2.45, 2.75) is 23.8 Å². The number of para-hydroxylation sites is 1. The summed E-state index contributed by atoms with van der Waals surface area (Å²) in [4.78, 5) is 25.6. The van der Waals surface area contributed by atoms with E-state index in [4.69, 9.17) is 10.2 Å². The first-order valence-corrected chi connectivity index (χ1v) is 8.10. The van der Waals surface area contributed by atoms with E-state index in [-0.39, 0.29) is 16.8 Å². The smallest absolute Gasteiger partial charge is 0.321 e. The van der Waals surface area contributed by atoms with Gasteiger partial charge in [0.2, 0.25) is 10.0 Å². The van der Waals surface area contributed by atoms with E-state index in [0.29, 0.717) is 5.39 Å². The summed E-state index contributed by atoms with van der Waals surface area (Å²) >= 11 is 0. The fourth-order valence-corrected chi connectivity index (χ4v) is 3.45. The monoisotopic (exact) mass is 338 g/mol. The predicted octanol–water partition coefficient (Wildman–Crippen LogP) is 0.831. The number of aliphatic carboxylic acids is 2. The second kappa shape index (κ2) is 6.71. The highest BCUT2D eigenvalue weighted by Gasteiger charge is 2.27. The minimum absolute atomic E-state index is 0.155. The van der Waals surface area contributed by atoms with Crippen molar-refractivity contribution in [1.29, 1.82) is 0 Å². The number of sulfonamides is 1. The summed E-state index contributed by atoms with van der Waals surface area (Å²) in [6, 6.07) is 6.31. The van der Waals surface area contributed by atoms with Crippen LogP contribution in [0, 0.1) is 0 Å². The fourth-order valence-electron chi connectivity index (χ4n) is 2.04. The first-order valence-electron chi connectivity index (χ1n) is 6.62. The third kappa shape index (κ3) is 4.02. The molecule has 0 aliphatic rings. The zero-order valence-electron chi connectivity index (χ0n) is 11.8. The third-order valence-electron chi connectivity index (χ3n) is 3.13. The summed E-state index contributed by atoms with van der Waals surface area (Å²) in [6.07, 6.45) is 0.607. The number of nitrogens with one attached hydrogen (secondary N) is 1. The van der Waals surface area contributed by atoms with Crippen LogP contribution in [0.25, 0.3) is 10.9 Å². The quantitative estimate of drug-likeness (QED) is 0.680. The van der Waals surface area contributed by atoms with Crippen LogP contribution >= 0.6 is 0 Å². The Morgan fingerprint density at radius 3 is 2.52 bits per heavy atom. The molecule has 0 bridgehead atoms. The minimum atomic E-state index is -4.17. The van der Waals surface area contributed by atoms with Crippen LogP contribution in [0.2, 0.25) is 0 Å². The molecule has 1 heterocycles. The van der Waals surface area contributed by atoms with Crippen molar-refractivity contribution >= 4 is 32.9 Å². The molecule has 2 rings (SSSR count). The van der Waals surface area contributed by atoms with Crippen molar-refractivity contribution < 1.29 is 28.2 Å². The van der Waals surface area contributed by atoms with Crippen LogP contribution in [0.5, 0.6) is 0 Å². The SMILES string of the molecule is O=C(O)CCC(NS(=O)(=O)c1cccc2cccnc12)C(=O)O. The van der Waals surface area contributed by atoms with Crippen molar-refractivity contribution in [2.75, 3.05) is 0 Å². The molecule has 23 heavy (non-hydrogen) atoms. The highest BCUT2D eigenvalue weighted by atomic mass is 32.2. The number of fused-ring (bicyclic) bond motifs is 1. The number of nitrogens with zero attached hydrogens (tertiary/aromatic N) is 1. The molecule has 0 radical (unpaired) electrons. The highest BCUT2D eigenvalue weighted by molar-refractivity contribution is 7.89. The van der Waals surface area contributed by atoms with E-state index >= 15 is 0 Å². The van der Waals surface area contributed by atoms with Gasteiger partial charge in [-0.05, 0) is 18.6 Å². The third-order valence-corrected chi connectivity index (χ3v) is 4.63. The second-order valence-corrected chi connectivity index (χ2v) is 6.46. The Bertz CT molecular complexity index is 844. The first-order chi connectivity index (χ1) is 10.8. The Hall–Kier alpha value is -2.52. The van der Waals surface area contributed by atoms with Gasteiger partial charge in [0, 0.05) is 18.0 Å². The molecular formula is C14H14N2O6S. The molecule has 9 heteroatoms. The number of carbonyl (C=O) groups is 2. The molecule has 0 saturated carbocycles. The number of aromatic nitrogens is 1. The van der Waals surface area contributed by atoms with Gasteiger partial charge < -0.3 is 10.2 Å². The lowest BCUT2D eigenvalue weighted by Gasteiger charge is -2.14. The number of hydrogen-bond acceptors (Lipinski definition) is 5. The summed E-state index contributed by atoms with van der Waals surface area (Å²) < 4.78 is 26.9. The molecule has 0 aliphatic carbocycles. The molecule has 3 N–H and O–H groups in total. The number of hydrogen-bond donors (Lipinski definition) is 3. The zero-order valence-corrected chi connectivity index (χ0v) is 12.7. The summed E-state index contributed by atoms with van der Waals surface area (Å²) in [5.41, 5.74) is 0.213. The van der Waals surface area contributed by atoms with Gasteiger partial charge in [-0.3, -0.25) is 14.6 Å². The molecule has 2 aromatic rings. The molecule has 0 saturated heterocycles. The van der Waals surface area contributed by atoms with Crippen LogP contribution in [0.3, 0.4) is 0 Å². The number of carboxylic acid groups (broad SMARTS) is 2. The molecule has 0 fully saturated rings. The van der Waals surface area contributed by atoms with Crippen LogP contribution in [0.1, 0.15) is 12.8 Å². The van der Waals surface area contributed by atoms with Crippen molar-refractivity contribution in [3.05, 3.63) is 36.5 Å². The van der Waals surface area contributed by atoms with Gasteiger partial charge in [0.05, 0.1) is 5.52 Å². The standard InChI is InChI=1S/C14H14N2O6S/c17-12(18)7-6-10(14(19)20)16-23(21,22)11-5-1-3-9-4-2-8-15-13(9)11/h1-5,8,10,16H,6-7H2,(H,17,18)(H,19,20). The molecule has 0 spiro atoms. The molecular weight excluding hydrogens is 324 g/mol. The van der Waals surface area contributed by atoms with E-state index in [1.165, 1.54) is 18.3 Å². The van der Waals surface area contributed by atoms with Crippen LogP contribution in [0.15, 0.2) is 41.4 Å². The van der Waals surface area contributed by atoms with E-state index in [9.17, 15) is 18.0 Å². The van der Waals surface area contributed by atoms with E-state index in [1.54, 1.807) is 18.2 Å². The van der Waals surface area contributed by atoms with Crippen LogP contribution in [0.4, 0.5) is 0 Å². The van der Waals surface area contributed by atoms with Crippen LogP contribution in [-0.2, 0) is 19.6 Å². The normalized spacial score (nSPS) is 12.9. The van der Waals surface area contributed by atoms with Crippen molar-refractivity contribution in [1.82, 2.24) is 9.71 Å². The van der Waals surface area contributed by atoms with Gasteiger partial charge in [-0.2, -0.15) is 4.72 Å². The topological polar surface area (TPSA) is 134 Å². The van der Waals surface area contributed by atoms with E-state index in [2.05, 4.69) is 4.98 Å². The Morgan fingerprint density at radius 1 is 1.17 bits per heavy atom. The van der Waals surface area contributed by atoms with E-state index in [0.717, 1.165) is 0 Å². The maximum Gasteiger partial charge on any atom is 0.321 e. The molecule has 8 nitrogen and oxygen atoms in total. The highest BCUT2D eigenvalue weighted by Crippen LogP contribution is 2.21. The van der Waals surface area contributed by atoms with Gasteiger partial charge in [0.25, 0.3) is 0 Å². The number of benzene rings is 1. The van der Waals surface area contributed by atoms with Crippen LogP contribution < -0.4 is 4.72 Å². The maximum atomic E-state index is 12.4. The van der Waals surface area contributed by atoms with Crippen molar-refractivity contribution in [2.24, 2.45) is 0 Å². The number of pyridine rings is 1. The lowest BCUT2D eigenvalue weighted by Crippen LogP contribution is -2.41. The van der Waals surface area contributed by atoms with Crippen molar-refractivity contribution in [3.63, 3.8) is 0 Å². The summed E-state index contributed by atoms with van der Waals surface area (Å²) in [7, 11) is -4.17. The Morgan fingerprint density at radius 2 is 1.87 bits per heavy atom. The predicted molar refractivity (Wildman–Crippen MR) is 80.4 cm³/mol. The lowest BCUT2D eigenvalue weighted by atomic mass is 10.2. The summed E-state index contributed by atoms with van der Waals surface area (Å²) in [5.74, 6) is -2.65. The van der Waals surface area contributed by atoms with E-state index < -0.39 is 34.4 Å². The van der Waals surface area contributed by atoms with Crippen molar-refractivity contribution in [3.8, 4) is 0 Å². The molecule has 1 aromatic carbocycles. The fraction of sp³-hybridized carbons (Fsp3) is 0.214. The Balaban J connectivity index is 2.36. The van der Waals surface area contributed by atoms with Crippen LogP contribution in [-0.4, -0.2) is 41.6 Å². The largest absolute Gasteiger partial charge is 0.481 e. The molecule has 1 aromatic heterocycles. The Labute approximate surface area is 131 Å². The van der Waals surface area contributed by atoms with E-state index in [1.807, 2.05) is 4.72 Å². The molecule has 1 unspecified atom stereocenters. The van der Waals surface area contributed by atoms with Gasteiger partial charge in [-0.25, -0.2) is 8.42 Å². The van der Waals surface area contributed by atoms with Gasteiger partial charge in [0.15, 0.2) is 0 Å². The van der Waals surface area contributed by atoms with Gasteiger partial charge in [-0.1, -0.05) is 18.2 Å². The number of carboxylic acids is 2. The minimum Gasteiger partial charge on any atom is -0.481 e. The maximum absolute atomic E-state index is 12.4. The average Bonchev–Trinajstić information content (AvgIpc) is 2.50. The number of rotatable bonds is 7. The average molecular weight is 338 g/mol. The molecule has 0 aliphatic heterocycles. The molecule has 122 valence electrons. The van der Waals surface area contributed by atoms with Gasteiger partial charge >= 0.3 is 11.9 Å².